The Balaban J connectivity index is 1.98. The molecule has 1 saturated carbocycles. The van der Waals surface area contributed by atoms with Crippen LogP contribution in [0.25, 0.3) is 0 Å². The van der Waals surface area contributed by atoms with Gasteiger partial charge in [-0.1, -0.05) is 19.3 Å². The maximum atomic E-state index is 3.41. The zero-order chi connectivity index (χ0) is 8.10. The van der Waals surface area contributed by atoms with Crippen molar-refractivity contribution < 1.29 is 0 Å². The van der Waals surface area contributed by atoms with Crippen LogP contribution in [-0.4, -0.2) is 12.6 Å². The molecule has 0 atom stereocenters. The minimum Gasteiger partial charge on any atom is -0.303 e. The highest BCUT2D eigenvalue weighted by Gasteiger charge is 2.26. The van der Waals surface area contributed by atoms with Crippen LogP contribution in [0.15, 0.2) is 0 Å². The van der Waals surface area contributed by atoms with Gasteiger partial charge in [-0.25, -0.2) is 0 Å². The molecule has 0 radical (unpaired) electrons. The number of nitrogens with one attached hydrogen (secondary N) is 1. The van der Waals surface area contributed by atoms with E-state index in [1.165, 1.54) is 19.3 Å². The average molecular weight is 151 g/mol. The number of rotatable bonds is 3. The lowest BCUT2D eigenvalue weighted by Crippen LogP contribution is -2.41. The van der Waals surface area contributed by atoms with Crippen LogP contribution in [0.3, 0.4) is 0 Å². The lowest BCUT2D eigenvalue weighted by atomic mass is 9.79. The molecule has 0 aromatic rings. The van der Waals surface area contributed by atoms with Gasteiger partial charge in [0.15, 0.2) is 0 Å². The molecule has 0 saturated heterocycles. The summed E-state index contributed by atoms with van der Waals surface area (Å²) >= 11 is 0. The van der Waals surface area contributed by atoms with E-state index in [0.29, 0.717) is 0 Å². The molecule has 0 aliphatic heterocycles. The zero-order valence-electron chi connectivity index (χ0n) is 7.48. The molecule has 1 N–H and O–H groups in total. The first-order valence-corrected chi connectivity index (χ1v) is 4.49. The molecule has 0 aromatic carbocycles. The number of hydrogen-bond acceptors (Lipinski definition) is 1. The molecule has 0 aromatic heterocycles. The largest absolute Gasteiger partial charge is 0.303 e. The van der Waals surface area contributed by atoms with Crippen molar-refractivity contribution in [1.29, 1.82) is 0 Å². The van der Waals surface area contributed by atoms with Crippen molar-refractivity contribution in [3.8, 4) is 11.8 Å². The van der Waals surface area contributed by atoms with Gasteiger partial charge in [0.1, 0.15) is 0 Å². The Hall–Kier alpha value is -0.480. The zero-order valence-corrected chi connectivity index (χ0v) is 7.48. The van der Waals surface area contributed by atoms with Crippen molar-refractivity contribution in [3.63, 3.8) is 0 Å². The van der Waals surface area contributed by atoms with E-state index in [0.717, 1.165) is 18.5 Å². The van der Waals surface area contributed by atoms with Crippen LogP contribution >= 0.6 is 0 Å². The van der Waals surface area contributed by atoms with E-state index in [2.05, 4.69) is 24.1 Å². The lowest BCUT2D eigenvalue weighted by Gasteiger charge is -2.34. The van der Waals surface area contributed by atoms with Crippen molar-refractivity contribution in [1.82, 2.24) is 5.32 Å². The fraction of sp³-hybridized carbons (Fsp3) is 0.800. The first kappa shape index (κ1) is 8.62. The van der Waals surface area contributed by atoms with E-state index in [1.807, 2.05) is 6.92 Å². The van der Waals surface area contributed by atoms with Crippen molar-refractivity contribution >= 4 is 0 Å². The van der Waals surface area contributed by atoms with E-state index >= 15 is 0 Å². The molecular weight excluding hydrogens is 134 g/mol. The Morgan fingerprint density at radius 2 is 2.18 bits per heavy atom. The molecule has 1 rings (SSSR count). The van der Waals surface area contributed by atoms with Crippen LogP contribution in [0.5, 0.6) is 0 Å². The number of hydrogen-bond donors (Lipinski definition) is 1. The second-order valence-electron chi connectivity index (χ2n) is 3.25. The van der Waals surface area contributed by atoms with E-state index in [4.69, 9.17) is 0 Å². The van der Waals surface area contributed by atoms with Crippen molar-refractivity contribution in [2.45, 2.75) is 39.2 Å². The highest BCUT2D eigenvalue weighted by molar-refractivity contribution is 4.98. The fourth-order valence-corrected chi connectivity index (χ4v) is 1.52. The summed E-state index contributed by atoms with van der Waals surface area (Å²) in [6.07, 6.45) is 4.07. The predicted octanol–water partition coefficient (Wildman–Crippen LogP) is 1.79. The van der Waals surface area contributed by atoms with Crippen LogP contribution in [-0.2, 0) is 0 Å². The SMILES string of the molecule is CC#CCNC1CC(CC)C1. The summed E-state index contributed by atoms with van der Waals surface area (Å²) in [7, 11) is 0. The van der Waals surface area contributed by atoms with Gasteiger partial charge in [0.05, 0.1) is 6.54 Å². The lowest BCUT2D eigenvalue weighted by molar-refractivity contribution is 0.223. The molecule has 11 heavy (non-hydrogen) atoms. The van der Waals surface area contributed by atoms with Crippen LogP contribution in [0.4, 0.5) is 0 Å². The molecule has 62 valence electrons. The van der Waals surface area contributed by atoms with Gasteiger partial charge in [0, 0.05) is 6.04 Å². The highest BCUT2D eigenvalue weighted by atomic mass is 14.9. The first-order chi connectivity index (χ1) is 5.36. The summed E-state index contributed by atoms with van der Waals surface area (Å²) in [6, 6.07) is 0.765. The van der Waals surface area contributed by atoms with Gasteiger partial charge in [-0.05, 0) is 25.7 Å². The summed E-state index contributed by atoms with van der Waals surface area (Å²) in [5.41, 5.74) is 0. The van der Waals surface area contributed by atoms with E-state index in [1.54, 1.807) is 0 Å². The first-order valence-electron chi connectivity index (χ1n) is 4.49. The van der Waals surface area contributed by atoms with Gasteiger partial charge >= 0.3 is 0 Å². The molecule has 1 aliphatic carbocycles. The maximum Gasteiger partial charge on any atom is 0.0578 e. The molecule has 1 nitrogen and oxygen atoms in total. The molecule has 0 unspecified atom stereocenters. The van der Waals surface area contributed by atoms with Crippen LogP contribution in [0.2, 0.25) is 0 Å². The molecule has 1 fully saturated rings. The standard InChI is InChI=1S/C10H17N/c1-3-5-6-11-10-7-9(4-2)8-10/h9-11H,4,6-8H2,1-2H3. The quantitative estimate of drug-likeness (QED) is 0.606. The Bertz CT molecular complexity index is 157. The third kappa shape index (κ3) is 2.55. The summed E-state index contributed by atoms with van der Waals surface area (Å²) < 4.78 is 0. The third-order valence-corrected chi connectivity index (χ3v) is 2.47. The van der Waals surface area contributed by atoms with Crippen LogP contribution in [0.1, 0.15) is 33.1 Å². The van der Waals surface area contributed by atoms with Gasteiger partial charge < -0.3 is 5.32 Å². The Morgan fingerprint density at radius 1 is 1.45 bits per heavy atom. The van der Waals surface area contributed by atoms with E-state index < -0.39 is 0 Å². The van der Waals surface area contributed by atoms with Crippen molar-refractivity contribution in [2.24, 2.45) is 5.92 Å². The average Bonchev–Trinajstić information content (AvgIpc) is 1.94. The molecular formula is C10H17N. The van der Waals surface area contributed by atoms with Gasteiger partial charge in [-0.2, -0.15) is 0 Å². The van der Waals surface area contributed by atoms with E-state index in [9.17, 15) is 0 Å². The second kappa shape index (κ2) is 4.41. The van der Waals surface area contributed by atoms with Crippen molar-refractivity contribution in [3.05, 3.63) is 0 Å². The molecule has 1 heteroatoms. The predicted molar refractivity (Wildman–Crippen MR) is 48.3 cm³/mol. The van der Waals surface area contributed by atoms with Gasteiger partial charge in [-0.3, -0.25) is 0 Å². The Kier molecular flexibility index (Phi) is 3.45. The monoisotopic (exact) mass is 151 g/mol. The van der Waals surface area contributed by atoms with Gasteiger partial charge in [-0.15, -0.1) is 5.92 Å². The maximum absolute atomic E-state index is 3.41. The second-order valence-corrected chi connectivity index (χ2v) is 3.25. The fourth-order valence-electron chi connectivity index (χ4n) is 1.52. The Morgan fingerprint density at radius 3 is 2.73 bits per heavy atom. The summed E-state index contributed by atoms with van der Waals surface area (Å²) in [6.45, 7) is 5.03. The Labute approximate surface area is 69.6 Å². The molecule has 0 spiro atoms. The van der Waals surface area contributed by atoms with Gasteiger partial charge in [0.2, 0.25) is 0 Å². The van der Waals surface area contributed by atoms with Crippen LogP contribution < -0.4 is 5.32 Å². The topological polar surface area (TPSA) is 12.0 Å². The van der Waals surface area contributed by atoms with Crippen molar-refractivity contribution in [2.75, 3.05) is 6.54 Å². The molecule has 0 bridgehead atoms. The minimum absolute atomic E-state index is 0.765. The smallest absolute Gasteiger partial charge is 0.0578 e. The molecule has 1 aliphatic rings. The normalized spacial score (nSPS) is 28.5. The summed E-state index contributed by atoms with van der Waals surface area (Å²) in [5.74, 6) is 6.89. The van der Waals surface area contributed by atoms with E-state index in [-0.39, 0.29) is 0 Å². The van der Waals surface area contributed by atoms with Gasteiger partial charge in [0.25, 0.3) is 0 Å². The minimum atomic E-state index is 0.765. The highest BCUT2D eigenvalue weighted by Crippen LogP contribution is 2.29. The third-order valence-electron chi connectivity index (χ3n) is 2.47. The molecule has 0 amide bonds. The van der Waals surface area contributed by atoms with Crippen LogP contribution in [0, 0.1) is 17.8 Å². The summed E-state index contributed by atoms with van der Waals surface area (Å²) in [5, 5.41) is 3.41. The molecule has 0 heterocycles. The summed E-state index contributed by atoms with van der Waals surface area (Å²) in [4.78, 5) is 0.